The molecule has 3 aromatic carbocycles. The predicted molar refractivity (Wildman–Crippen MR) is 119 cm³/mol. The van der Waals surface area contributed by atoms with Crippen LogP contribution in [-0.4, -0.2) is 19.2 Å². The Morgan fingerprint density at radius 1 is 1.03 bits per heavy atom. The van der Waals surface area contributed by atoms with E-state index < -0.39 is 20.9 Å². The van der Waals surface area contributed by atoms with Gasteiger partial charge < -0.3 is 5.32 Å². The van der Waals surface area contributed by atoms with E-state index in [0.717, 1.165) is 0 Å². The Kier molecular flexibility index (Phi) is 6.49. The average Bonchev–Trinajstić information content (AvgIpc) is 2.71. The Hall–Kier alpha value is -3.14. The van der Waals surface area contributed by atoms with Gasteiger partial charge in [0.15, 0.2) is 0 Å². The number of nitro benzene ring substituents is 1. The van der Waals surface area contributed by atoms with Crippen molar-refractivity contribution in [2.24, 2.45) is 0 Å². The summed E-state index contributed by atoms with van der Waals surface area (Å²) < 4.78 is 27.5. The van der Waals surface area contributed by atoms with E-state index in [1.165, 1.54) is 54.6 Å². The van der Waals surface area contributed by atoms with Crippen molar-refractivity contribution < 1.29 is 18.1 Å². The van der Waals surface area contributed by atoms with Crippen LogP contribution >= 0.6 is 23.2 Å². The standard InChI is InChI=1S/C20H15Cl2N3O5S/c1-12-5-6-13(11-18(12)25(27)28)20(26)23-14-7-9-15(10-8-14)31(29,30)24-17-4-2-3-16(21)19(17)22/h2-11,24H,1H3,(H,23,26). The molecule has 0 unspecified atom stereocenters. The monoisotopic (exact) mass is 479 g/mol. The van der Waals surface area contributed by atoms with Gasteiger partial charge in [-0.2, -0.15) is 0 Å². The highest BCUT2D eigenvalue weighted by atomic mass is 35.5. The van der Waals surface area contributed by atoms with Gasteiger partial charge in [0, 0.05) is 22.9 Å². The quantitative estimate of drug-likeness (QED) is 0.368. The topological polar surface area (TPSA) is 118 Å². The van der Waals surface area contributed by atoms with Gasteiger partial charge in [0.25, 0.3) is 21.6 Å². The second-order valence-electron chi connectivity index (χ2n) is 6.44. The molecule has 0 aliphatic rings. The minimum atomic E-state index is -3.95. The molecule has 2 N–H and O–H groups in total. The van der Waals surface area contributed by atoms with Crippen LogP contribution in [0, 0.1) is 17.0 Å². The van der Waals surface area contributed by atoms with Crippen molar-refractivity contribution in [3.8, 4) is 0 Å². The first-order valence-electron chi connectivity index (χ1n) is 8.72. The van der Waals surface area contributed by atoms with Gasteiger partial charge in [-0.05, 0) is 49.4 Å². The van der Waals surface area contributed by atoms with Gasteiger partial charge in [-0.3, -0.25) is 19.6 Å². The maximum absolute atomic E-state index is 12.6. The lowest BCUT2D eigenvalue weighted by atomic mass is 10.1. The van der Waals surface area contributed by atoms with Gasteiger partial charge in [0.2, 0.25) is 0 Å². The van der Waals surface area contributed by atoms with Gasteiger partial charge in [0.1, 0.15) is 0 Å². The van der Waals surface area contributed by atoms with Crippen molar-refractivity contribution in [2.75, 3.05) is 10.0 Å². The Balaban J connectivity index is 1.77. The van der Waals surface area contributed by atoms with E-state index in [1.807, 2.05) is 0 Å². The van der Waals surface area contributed by atoms with Crippen LogP contribution in [0.5, 0.6) is 0 Å². The summed E-state index contributed by atoms with van der Waals surface area (Å²) in [6.07, 6.45) is 0. The number of rotatable bonds is 6. The highest BCUT2D eigenvalue weighted by Crippen LogP contribution is 2.31. The minimum Gasteiger partial charge on any atom is -0.322 e. The van der Waals surface area contributed by atoms with E-state index in [-0.39, 0.29) is 31.9 Å². The normalized spacial score (nSPS) is 11.1. The molecule has 0 saturated heterocycles. The molecule has 0 aliphatic carbocycles. The molecule has 0 spiro atoms. The molecule has 0 radical (unpaired) electrons. The number of carbonyl (C=O) groups excluding carboxylic acids is 1. The Morgan fingerprint density at radius 3 is 2.35 bits per heavy atom. The van der Waals surface area contributed by atoms with Gasteiger partial charge in [-0.25, -0.2) is 8.42 Å². The lowest BCUT2D eigenvalue weighted by Gasteiger charge is -2.11. The molecule has 8 nitrogen and oxygen atoms in total. The summed E-state index contributed by atoms with van der Waals surface area (Å²) in [5.74, 6) is -0.567. The SMILES string of the molecule is Cc1ccc(C(=O)Nc2ccc(S(=O)(=O)Nc3cccc(Cl)c3Cl)cc2)cc1[N+](=O)[O-]. The minimum absolute atomic E-state index is 0.0625. The third kappa shape index (κ3) is 5.13. The van der Waals surface area contributed by atoms with E-state index in [2.05, 4.69) is 10.0 Å². The van der Waals surface area contributed by atoms with Crippen LogP contribution in [0.3, 0.4) is 0 Å². The van der Waals surface area contributed by atoms with E-state index in [0.29, 0.717) is 11.3 Å². The molecule has 0 heterocycles. The third-order valence-electron chi connectivity index (χ3n) is 4.29. The number of nitrogens with zero attached hydrogens (tertiary/aromatic N) is 1. The number of carbonyl (C=O) groups is 1. The molecular formula is C20H15Cl2N3O5S. The molecule has 0 aromatic heterocycles. The highest BCUT2D eigenvalue weighted by molar-refractivity contribution is 7.92. The summed E-state index contributed by atoms with van der Waals surface area (Å²) in [7, 11) is -3.95. The highest BCUT2D eigenvalue weighted by Gasteiger charge is 2.18. The van der Waals surface area contributed by atoms with Crippen LogP contribution < -0.4 is 10.0 Å². The van der Waals surface area contributed by atoms with E-state index in [1.54, 1.807) is 13.0 Å². The first-order valence-corrected chi connectivity index (χ1v) is 11.0. The van der Waals surface area contributed by atoms with Gasteiger partial charge >= 0.3 is 0 Å². The number of halogens is 2. The number of amides is 1. The molecule has 1 amide bonds. The first kappa shape index (κ1) is 22.5. The summed E-state index contributed by atoms with van der Waals surface area (Å²) in [6.45, 7) is 1.57. The van der Waals surface area contributed by atoms with E-state index in [4.69, 9.17) is 23.2 Å². The number of anilines is 2. The van der Waals surface area contributed by atoms with Crippen LogP contribution in [0.2, 0.25) is 10.0 Å². The maximum Gasteiger partial charge on any atom is 0.273 e. The predicted octanol–water partition coefficient (Wildman–Crippen LogP) is 5.26. The van der Waals surface area contributed by atoms with Crippen LogP contribution in [0.15, 0.2) is 65.6 Å². The Labute approximate surface area is 188 Å². The number of hydrogen-bond donors (Lipinski definition) is 2. The Morgan fingerprint density at radius 2 is 1.71 bits per heavy atom. The van der Waals surface area contributed by atoms with Crippen molar-refractivity contribution in [1.29, 1.82) is 0 Å². The number of benzene rings is 3. The zero-order chi connectivity index (χ0) is 22.8. The molecule has 0 aliphatic heterocycles. The van der Waals surface area contributed by atoms with Crippen LogP contribution in [0.1, 0.15) is 15.9 Å². The summed E-state index contributed by atoms with van der Waals surface area (Å²) in [5.41, 5.74) is 0.815. The number of nitro groups is 1. The zero-order valence-electron chi connectivity index (χ0n) is 15.9. The molecule has 160 valence electrons. The molecular weight excluding hydrogens is 465 g/mol. The number of hydrogen-bond acceptors (Lipinski definition) is 5. The van der Waals surface area contributed by atoms with Gasteiger partial charge in [-0.1, -0.05) is 35.3 Å². The van der Waals surface area contributed by atoms with E-state index in [9.17, 15) is 23.3 Å². The first-order chi connectivity index (χ1) is 14.6. The second-order valence-corrected chi connectivity index (χ2v) is 8.91. The van der Waals surface area contributed by atoms with Crippen LogP contribution in [-0.2, 0) is 10.0 Å². The fourth-order valence-corrected chi connectivity index (χ4v) is 4.13. The van der Waals surface area contributed by atoms with Gasteiger partial charge in [-0.15, -0.1) is 0 Å². The lowest BCUT2D eigenvalue weighted by molar-refractivity contribution is -0.385. The fraction of sp³-hybridized carbons (Fsp3) is 0.0500. The van der Waals surface area contributed by atoms with E-state index >= 15 is 0 Å². The summed E-state index contributed by atoms with van der Waals surface area (Å²) in [5, 5.41) is 13.9. The summed E-state index contributed by atoms with van der Waals surface area (Å²) >= 11 is 11.9. The van der Waals surface area contributed by atoms with Crippen molar-refractivity contribution in [3.63, 3.8) is 0 Å². The van der Waals surface area contributed by atoms with Crippen molar-refractivity contribution >= 4 is 56.2 Å². The number of nitrogens with one attached hydrogen (secondary N) is 2. The molecule has 0 atom stereocenters. The summed E-state index contributed by atoms with van der Waals surface area (Å²) in [4.78, 5) is 22.8. The molecule has 3 aromatic rings. The van der Waals surface area contributed by atoms with Crippen molar-refractivity contribution in [3.05, 3.63) is 92.0 Å². The van der Waals surface area contributed by atoms with Crippen LogP contribution in [0.25, 0.3) is 0 Å². The zero-order valence-corrected chi connectivity index (χ0v) is 18.3. The van der Waals surface area contributed by atoms with Crippen molar-refractivity contribution in [1.82, 2.24) is 0 Å². The molecule has 0 fully saturated rings. The smallest absolute Gasteiger partial charge is 0.273 e. The fourth-order valence-electron chi connectivity index (χ4n) is 2.65. The Bertz CT molecular complexity index is 1280. The molecule has 31 heavy (non-hydrogen) atoms. The molecule has 3 rings (SSSR count). The average molecular weight is 480 g/mol. The van der Waals surface area contributed by atoms with Crippen LogP contribution in [0.4, 0.5) is 17.1 Å². The number of aryl methyl sites for hydroxylation is 1. The van der Waals surface area contributed by atoms with Crippen molar-refractivity contribution in [2.45, 2.75) is 11.8 Å². The number of sulfonamides is 1. The van der Waals surface area contributed by atoms with Gasteiger partial charge in [0.05, 0.1) is 25.6 Å². The largest absolute Gasteiger partial charge is 0.322 e. The molecule has 11 heteroatoms. The third-order valence-corrected chi connectivity index (χ3v) is 6.49. The lowest BCUT2D eigenvalue weighted by Crippen LogP contribution is -2.14. The maximum atomic E-state index is 12.6. The molecule has 0 bridgehead atoms. The summed E-state index contributed by atoms with van der Waals surface area (Å²) in [6, 6.07) is 14.1. The second kappa shape index (κ2) is 8.93. The molecule has 0 saturated carbocycles.